The highest BCUT2D eigenvalue weighted by Crippen LogP contribution is 2.42. The molecule has 2 fully saturated rings. The number of thioether (sulfide) groups is 1. The highest BCUT2D eigenvalue weighted by molar-refractivity contribution is 8.14. The zero-order valence-electron chi connectivity index (χ0n) is 8.70. The Morgan fingerprint density at radius 1 is 1.50 bits per heavy atom. The van der Waals surface area contributed by atoms with E-state index in [0.29, 0.717) is 0 Å². The van der Waals surface area contributed by atoms with Gasteiger partial charge in [0.25, 0.3) is 0 Å². The molecule has 0 bridgehead atoms. The van der Waals surface area contributed by atoms with E-state index in [1.165, 1.54) is 30.9 Å². The molecule has 0 saturated heterocycles. The Hall–Kier alpha value is -0.180. The average molecular weight is 210 g/mol. The average Bonchev–Trinajstić information content (AvgIpc) is 3.07. The lowest BCUT2D eigenvalue weighted by atomic mass is 10.3. The summed E-state index contributed by atoms with van der Waals surface area (Å²) in [5.74, 6) is 1.92. The summed E-state index contributed by atoms with van der Waals surface area (Å²) in [4.78, 5) is 4.60. The number of rotatable bonds is 3. The van der Waals surface area contributed by atoms with Crippen LogP contribution in [0.3, 0.4) is 0 Å². The molecule has 14 heavy (non-hydrogen) atoms. The van der Waals surface area contributed by atoms with Gasteiger partial charge in [0.2, 0.25) is 0 Å². The van der Waals surface area contributed by atoms with E-state index < -0.39 is 0 Å². The first-order valence-corrected chi connectivity index (χ1v) is 6.72. The van der Waals surface area contributed by atoms with Gasteiger partial charge < -0.3 is 5.32 Å². The Kier molecular flexibility index (Phi) is 2.23. The van der Waals surface area contributed by atoms with Gasteiger partial charge in [0.05, 0.1) is 6.54 Å². The molecule has 2 nitrogen and oxygen atoms in total. The highest BCUT2D eigenvalue weighted by atomic mass is 32.2. The lowest BCUT2D eigenvalue weighted by molar-refractivity contribution is 0.725. The second-order valence-electron chi connectivity index (χ2n) is 4.79. The van der Waals surface area contributed by atoms with Crippen LogP contribution in [-0.2, 0) is 0 Å². The van der Waals surface area contributed by atoms with E-state index in [9.17, 15) is 0 Å². The molecule has 2 saturated carbocycles. The van der Waals surface area contributed by atoms with Crippen LogP contribution in [0.2, 0.25) is 0 Å². The van der Waals surface area contributed by atoms with Gasteiger partial charge in [0.1, 0.15) is 0 Å². The van der Waals surface area contributed by atoms with Crippen LogP contribution in [0, 0.1) is 11.8 Å². The molecule has 3 atom stereocenters. The van der Waals surface area contributed by atoms with Crippen molar-refractivity contribution in [2.75, 3.05) is 6.54 Å². The van der Waals surface area contributed by atoms with Gasteiger partial charge in [0.15, 0.2) is 5.17 Å². The van der Waals surface area contributed by atoms with Crippen molar-refractivity contribution in [2.24, 2.45) is 16.8 Å². The molecule has 3 aliphatic rings. The third kappa shape index (κ3) is 1.79. The fourth-order valence-electron chi connectivity index (χ4n) is 2.22. The standard InChI is InChI=1S/C11H18N2S/c1-2-7-5-9(7)13-11-12-6-10(14-11)8-3-4-8/h7-10H,2-6H2,1H3,(H,12,13). The first kappa shape index (κ1) is 9.08. The summed E-state index contributed by atoms with van der Waals surface area (Å²) in [6, 6.07) is 0.754. The first-order valence-electron chi connectivity index (χ1n) is 5.84. The maximum Gasteiger partial charge on any atom is 0.157 e. The third-order valence-electron chi connectivity index (χ3n) is 3.58. The minimum atomic E-state index is 0.754. The summed E-state index contributed by atoms with van der Waals surface area (Å²) < 4.78 is 0. The summed E-state index contributed by atoms with van der Waals surface area (Å²) >= 11 is 2.00. The van der Waals surface area contributed by atoms with E-state index in [4.69, 9.17) is 0 Å². The second kappa shape index (κ2) is 3.44. The van der Waals surface area contributed by atoms with E-state index in [2.05, 4.69) is 17.2 Å². The molecule has 1 N–H and O–H groups in total. The maximum absolute atomic E-state index is 4.60. The fourth-order valence-corrected chi connectivity index (χ4v) is 3.49. The predicted octanol–water partition coefficient (Wildman–Crippen LogP) is 2.26. The molecule has 3 rings (SSSR count). The zero-order chi connectivity index (χ0) is 9.54. The lowest BCUT2D eigenvalue weighted by Gasteiger charge is -2.06. The molecular weight excluding hydrogens is 192 g/mol. The van der Waals surface area contributed by atoms with Gasteiger partial charge in [-0.25, -0.2) is 0 Å². The summed E-state index contributed by atoms with van der Waals surface area (Å²) in [6.07, 6.45) is 5.58. The third-order valence-corrected chi connectivity index (χ3v) is 4.89. The molecule has 0 spiro atoms. The van der Waals surface area contributed by atoms with Crippen molar-refractivity contribution in [2.45, 2.75) is 43.9 Å². The number of amidine groups is 1. The summed E-state index contributed by atoms with van der Waals surface area (Å²) in [6.45, 7) is 3.35. The molecule has 0 radical (unpaired) electrons. The summed E-state index contributed by atoms with van der Waals surface area (Å²) in [5, 5.41) is 5.63. The van der Waals surface area contributed by atoms with Crippen molar-refractivity contribution in [3.8, 4) is 0 Å². The van der Waals surface area contributed by atoms with Gasteiger partial charge in [-0.15, -0.1) is 0 Å². The van der Waals surface area contributed by atoms with Crippen LogP contribution in [-0.4, -0.2) is 23.0 Å². The Morgan fingerprint density at radius 2 is 2.36 bits per heavy atom. The van der Waals surface area contributed by atoms with Crippen LogP contribution in [0.15, 0.2) is 4.99 Å². The molecule has 1 aliphatic heterocycles. The molecule has 2 aliphatic carbocycles. The number of hydrogen-bond donors (Lipinski definition) is 1. The predicted molar refractivity (Wildman–Crippen MR) is 61.7 cm³/mol. The molecular formula is C11H18N2S. The minimum absolute atomic E-state index is 0.754. The number of aliphatic imine (C=N–C) groups is 1. The lowest BCUT2D eigenvalue weighted by Crippen LogP contribution is -2.23. The molecule has 1 heterocycles. The van der Waals surface area contributed by atoms with Crippen molar-refractivity contribution < 1.29 is 0 Å². The van der Waals surface area contributed by atoms with Crippen LogP contribution in [0.1, 0.15) is 32.6 Å². The van der Waals surface area contributed by atoms with E-state index >= 15 is 0 Å². The Bertz CT molecular complexity index is 260. The molecule has 0 aromatic heterocycles. The van der Waals surface area contributed by atoms with Gasteiger partial charge in [-0.3, -0.25) is 4.99 Å². The van der Waals surface area contributed by atoms with E-state index in [-0.39, 0.29) is 0 Å². The van der Waals surface area contributed by atoms with Crippen LogP contribution in [0.25, 0.3) is 0 Å². The quantitative estimate of drug-likeness (QED) is 0.772. The SMILES string of the molecule is CCC1CC1NC1=NCC(C2CC2)S1. The molecule has 0 aromatic carbocycles. The van der Waals surface area contributed by atoms with Crippen molar-refractivity contribution >= 4 is 16.9 Å². The van der Waals surface area contributed by atoms with Gasteiger partial charge in [0, 0.05) is 11.3 Å². The highest BCUT2D eigenvalue weighted by Gasteiger charge is 2.39. The molecule has 0 aromatic rings. The Balaban J connectivity index is 1.46. The van der Waals surface area contributed by atoms with Crippen LogP contribution in [0.4, 0.5) is 0 Å². The molecule has 3 heteroatoms. The Labute approximate surface area is 89.9 Å². The van der Waals surface area contributed by atoms with Gasteiger partial charge in [-0.05, 0) is 31.1 Å². The minimum Gasteiger partial charge on any atom is -0.362 e. The summed E-state index contributed by atoms with van der Waals surface area (Å²) in [5.41, 5.74) is 0. The van der Waals surface area contributed by atoms with Crippen molar-refractivity contribution in [3.63, 3.8) is 0 Å². The van der Waals surface area contributed by atoms with E-state index in [0.717, 1.165) is 29.7 Å². The van der Waals surface area contributed by atoms with Crippen LogP contribution < -0.4 is 5.32 Å². The smallest absolute Gasteiger partial charge is 0.157 e. The van der Waals surface area contributed by atoms with Crippen LogP contribution >= 0.6 is 11.8 Å². The topological polar surface area (TPSA) is 24.4 Å². The van der Waals surface area contributed by atoms with Crippen LogP contribution in [0.5, 0.6) is 0 Å². The fraction of sp³-hybridized carbons (Fsp3) is 0.909. The Morgan fingerprint density at radius 3 is 3.00 bits per heavy atom. The largest absolute Gasteiger partial charge is 0.362 e. The molecule has 3 unspecified atom stereocenters. The maximum atomic E-state index is 4.60. The van der Waals surface area contributed by atoms with Gasteiger partial charge >= 0.3 is 0 Å². The van der Waals surface area contributed by atoms with Crippen molar-refractivity contribution in [1.82, 2.24) is 5.32 Å². The molecule has 78 valence electrons. The normalized spacial score (nSPS) is 40.9. The van der Waals surface area contributed by atoms with Gasteiger partial charge in [-0.2, -0.15) is 0 Å². The van der Waals surface area contributed by atoms with Gasteiger partial charge in [-0.1, -0.05) is 25.1 Å². The second-order valence-corrected chi connectivity index (χ2v) is 6.02. The van der Waals surface area contributed by atoms with Crippen molar-refractivity contribution in [1.29, 1.82) is 0 Å². The first-order chi connectivity index (χ1) is 6.86. The van der Waals surface area contributed by atoms with Crippen molar-refractivity contribution in [3.05, 3.63) is 0 Å². The zero-order valence-corrected chi connectivity index (χ0v) is 9.52. The van der Waals surface area contributed by atoms with E-state index in [1.54, 1.807) is 0 Å². The molecule has 0 amide bonds. The summed E-state index contributed by atoms with van der Waals surface area (Å²) in [7, 11) is 0. The monoisotopic (exact) mass is 210 g/mol. The number of hydrogen-bond acceptors (Lipinski definition) is 3. The number of nitrogens with one attached hydrogen (secondary N) is 1. The van der Waals surface area contributed by atoms with E-state index in [1.807, 2.05) is 11.8 Å². The number of nitrogens with zero attached hydrogens (tertiary/aromatic N) is 1.